The van der Waals surface area contributed by atoms with Crippen molar-refractivity contribution in [3.63, 3.8) is 0 Å². The maximum absolute atomic E-state index is 5.93. The Hall–Kier alpha value is -1.69. The molecule has 0 bridgehead atoms. The molecule has 0 saturated carbocycles. The molecule has 126 valence electrons. The van der Waals surface area contributed by atoms with E-state index in [0.717, 1.165) is 37.5 Å². The molecule has 3 heterocycles. The van der Waals surface area contributed by atoms with Crippen molar-refractivity contribution in [2.75, 3.05) is 6.61 Å². The van der Waals surface area contributed by atoms with Gasteiger partial charge in [-0.1, -0.05) is 20.8 Å². The fourth-order valence-electron chi connectivity index (χ4n) is 3.35. The van der Waals surface area contributed by atoms with Gasteiger partial charge < -0.3 is 9.15 Å². The third kappa shape index (κ3) is 3.47. The fraction of sp³-hybridized carbons (Fsp3) is 0.706. The van der Waals surface area contributed by atoms with Crippen LogP contribution >= 0.6 is 0 Å². The average Bonchev–Trinajstić information content (AvgIpc) is 3.14. The van der Waals surface area contributed by atoms with Crippen LogP contribution in [0.5, 0.6) is 0 Å². The van der Waals surface area contributed by atoms with Crippen LogP contribution in [0.4, 0.5) is 0 Å². The zero-order valence-electron chi connectivity index (χ0n) is 14.7. The van der Waals surface area contributed by atoms with Gasteiger partial charge in [0.05, 0.1) is 17.7 Å². The summed E-state index contributed by atoms with van der Waals surface area (Å²) in [5.74, 6) is 1.62. The summed E-state index contributed by atoms with van der Waals surface area (Å²) in [6.07, 6.45) is 4.74. The van der Waals surface area contributed by atoms with Gasteiger partial charge in [0.1, 0.15) is 0 Å². The lowest BCUT2D eigenvalue weighted by molar-refractivity contribution is 0.0170. The molecule has 3 rings (SSSR count). The van der Waals surface area contributed by atoms with Gasteiger partial charge in [-0.2, -0.15) is 5.10 Å². The number of nitrogens with zero attached hydrogens (tertiary/aromatic N) is 4. The Balaban J connectivity index is 1.67. The quantitative estimate of drug-likeness (QED) is 0.867. The van der Waals surface area contributed by atoms with Crippen molar-refractivity contribution in [1.29, 1.82) is 0 Å². The minimum absolute atomic E-state index is 0.0720. The summed E-state index contributed by atoms with van der Waals surface area (Å²) in [5.41, 5.74) is 2.36. The minimum Gasteiger partial charge on any atom is -0.425 e. The van der Waals surface area contributed by atoms with Gasteiger partial charge in [-0.3, -0.25) is 4.68 Å². The first-order chi connectivity index (χ1) is 10.8. The van der Waals surface area contributed by atoms with Crippen LogP contribution in [-0.2, 0) is 24.6 Å². The van der Waals surface area contributed by atoms with Crippen LogP contribution in [0.15, 0.2) is 10.6 Å². The van der Waals surface area contributed by atoms with E-state index in [2.05, 4.69) is 36.1 Å². The molecule has 0 amide bonds. The number of aromatic nitrogens is 4. The molecule has 6 heteroatoms. The maximum atomic E-state index is 5.93. The van der Waals surface area contributed by atoms with E-state index in [4.69, 9.17) is 9.15 Å². The average molecular weight is 318 g/mol. The predicted molar refractivity (Wildman–Crippen MR) is 86.2 cm³/mol. The first-order valence-electron chi connectivity index (χ1n) is 8.27. The highest BCUT2D eigenvalue weighted by atomic mass is 16.5. The topological polar surface area (TPSA) is 66.0 Å². The molecule has 1 saturated heterocycles. The van der Waals surface area contributed by atoms with E-state index in [1.54, 1.807) is 0 Å². The monoisotopic (exact) mass is 318 g/mol. The molecule has 1 aliphatic rings. The number of rotatable bonds is 4. The summed E-state index contributed by atoms with van der Waals surface area (Å²) in [6, 6.07) is 0. The van der Waals surface area contributed by atoms with Gasteiger partial charge in [0.25, 0.3) is 0 Å². The van der Waals surface area contributed by atoms with Crippen molar-refractivity contribution < 1.29 is 9.15 Å². The SMILES string of the molecule is Cc1nn(C)cc1CCc1nnc([C@H]2CCO[C@@H]2C(C)(C)C)o1. The number of ether oxygens (including phenoxy) is 1. The zero-order valence-corrected chi connectivity index (χ0v) is 14.7. The molecule has 2 aromatic rings. The minimum atomic E-state index is 0.0720. The molecular formula is C17H26N4O2. The Morgan fingerprint density at radius 3 is 2.70 bits per heavy atom. The van der Waals surface area contributed by atoms with Gasteiger partial charge >= 0.3 is 0 Å². The van der Waals surface area contributed by atoms with E-state index < -0.39 is 0 Å². The van der Waals surface area contributed by atoms with Crippen LogP contribution in [0.1, 0.15) is 56.1 Å². The van der Waals surface area contributed by atoms with Crippen LogP contribution in [0.25, 0.3) is 0 Å². The van der Waals surface area contributed by atoms with Crippen LogP contribution in [0.2, 0.25) is 0 Å². The van der Waals surface area contributed by atoms with Gasteiger partial charge in [0, 0.05) is 26.3 Å². The highest BCUT2D eigenvalue weighted by Crippen LogP contribution is 2.40. The van der Waals surface area contributed by atoms with E-state index in [1.165, 1.54) is 5.56 Å². The second-order valence-corrected chi connectivity index (χ2v) is 7.50. The predicted octanol–water partition coefficient (Wildman–Crippen LogP) is 2.82. The summed E-state index contributed by atoms with van der Waals surface area (Å²) in [7, 11) is 1.94. The standard InChI is InChI=1S/C17H26N4O2/c1-11-12(10-21(5)20-11)6-7-14-18-19-16(23-14)13-8-9-22-15(13)17(2,3)4/h10,13,15H,6-9H2,1-5H3/t13-,15-/m0/s1. The van der Waals surface area contributed by atoms with E-state index in [9.17, 15) is 0 Å². The van der Waals surface area contributed by atoms with E-state index in [0.29, 0.717) is 5.89 Å². The Morgan fingerprint density at radius 2 is 2.04 bits per heavy atom. The number of aryl methyl sites for hydroxylation is 4. The lowest BCUT2D eigenvalue weighted by atomic mass is 9.81. The molecule has 0 N–H and O–H groups in total. The molecule has 2 atom stereocenters. The van der Waals surface area contributed by atoms with E-state index in [-0.39, 0.29) is 17.4 Å². The van der Waals surface area contributed by atoms with Crippen molar-refractivity contribution in [3.8, 4) is 0 Å². The molecule has 2 aromatic heterocycles. The second-order valence-electron chi connectivity index (χ2n) is 7.50. The van der Waals surface area contributed by atoms with Crippen LogP contribution in [0.3, 0.4) is 0 Å². The van der Waals surface area contributed by atoms with Crippen molar-refractivity contribution in [3.05, 3.63) is 29.2 Å². The van der Waals surface area contributed by atoms with Crippen LogP contribution < -0.4 is 0 Å². The molecule has 0 aromatic carbocycles. The Kier molecular flexibility index (Phi) is 4.27. The smallest absolute Gasteiger partial charge is 0.222 e. The Bertz CT molecular complexity index is 668. The fourth-order valence-corrected chi connectivity index (χ4v) is 3.35. The summed E-state index contributed by atoms with van der Waals surface area (Å²) in [4.78, 5) is 0. The zero-order chi connectivity index (χ0) is 16.6. The number of hydrogen-bond acceptors (Lipinski definition) is 5. The molecule has 0 spiro atoms. The molecule has 23 heavy (non-hydrogen) atoms. The highest BCUT2D eigenvalue weighted by molar-refractivity contribution is 5.16. The van der Waals surface area contributed by atoms with Gasteiger partial charge in [0.15, 0.2) is 0 Å². The molecule has 0 radical (unpaired) electrons. The van der Waals surface area contributed by atoms with Crippen molar-refractivity contribution in [2.45, 2.75) is 59.0 Å². The van der Waals surface area contributed by atoms with E-state index in [1.807, 2.05) is 24.9 Å². The maximum Gasteiger partial charge on any atom is 0.222 e. The lowest BCUT2D eigenvalue weighted by Crippen LogP contribution is -2.30. The molecule has 6 nitrogen and oxygen atoms in total. The lowest BCUT2D eigenvalue weighted by Gasteiger charge is -2.29. The van der Waals surface area contributed by atoms with Crippen LogP contribution in [0, 0.1) is 12.3 Å². The summed E-state index contributed by atoms with van der Waals surface area (Å²) < 4.78 is 13.7. The highest BCUT2D eigenvalue weighted by Gasteiger charge is 2.41. The molecular weight excluding hydrogens is 292 g/mol. The van der Waals surface area contributed by atoms with Gasteiger partial charge in [-0.15, -0.1) is 10.2 Å². The summed E-state index contributed by atoms with van der Waals surface area (Å²) in [6.45, 7) is 9.37. The first kappa shape index (κ1) is 16.2. The van der Waals surface area contributed by atoms with Crippen LogP contribution in [-0.4, -0.2) is 32.7 Å². The van der Waals surface area contributed by atoms with E-state index >= 15 is 0 Å². The molecule has 0 unspecified atom stereocenters. The Morgan fingerprint density at radius 1 is 1.26 bits per heavy atom. The first-order valence-corrected chi connectivity index (χ1v) is 8.27. The van der Waals surface area contributed by atoms with Crippen molar-refractivity contribution >= 4 is 0 Å². The van der Waals surface area contributed by atoms with Gasteiger partial charge in [-0.05, 0) is 30.7 Å². The van der Waals surface area contributed by atoms with Crippen molar-refractivity contribution in [2.24, 2.45) is 12.5 Å². The van der Waals surface area contributed by atoms with Gasteiger partial charge in [0.2, 0.25) is 11.8 Å². The summed E-state index contributed by atoms with van der Waals surface area (Å²) in [5, 5.41) is 12.9. The molecule has 1 fully saturated rings. The third-order valence-corrected chi connectivity index (χ3v) is 4.47. The third-order valence-electron chi connectivity index (χ3n) is 4.47. The molecule has 1 aliphatic heterocycles. The second kappa shape index (κ2) is 6.07. The van der Waals surface area contributed by atoms with Crippen molar-refractivity contribution in [1.82, 2.24) is 20.0 Å². The number of hydrogen-bond donors (Lipinski definition) is 0. The Labute approximate surface area is 137 Å². The largest absolute Gasteiger partial charge is 0.425 e. The van der Waals surface area contributed by atoms with Gasteiger partial charge in [-0.25, -0.2) is 0 Å². The molecule has 0 aliphatic carbocycles. The normalized spacial score (nSPS) is 22.0. The summed E-state index contributed by atoms with van der Waals surface area (Å²) >= 11 is 0.